The molecule has 0 radical (unpaired) electrons. The summed E-state index contributed by atoms with van der Waals surface area (Å²) in [4.78, 5) is 74.1. The number of hydrogen-bond donors (Lipinski definition) is 5. The lowest BCUT2D eigenvalue weighted by molar-refractivity contribution is -0.145. The number of allylic oxidation sites excluding steroid dienone is 1. The van der Waals surface area contributed by atoms with Gasteiger partial charge in [-0.15, -0.1) is 6.58 Å². The molecule has 1 unspecified atom stereocenters. The van der Waals surface area contributed by atoms with Crippen LogP contribution in [-0.2, 0) is 34.0 Å². The molecule has 3 fully saturated rings. The number of carbonyl (C=O) groups excluding carboxylic acids is 5. The molecule has 1 aromatic heterocycles. The Morgan fingerprint density at radius 1 is 1.10 bits per heavy atom. The van der Waals surface area contributed by atoms with Gasteiger partial charge in [0.15, 0.2) is 0 Å². The molecule has 288 valence electrons. The van der Waals surface area contributed by atoms with E-state index in [1.165, 1.54) is 11.0 Å². The summed E-state index contributed by atoms with van der Waals surface area (Å²) in [5.74, 6) is -3.27. The van der Waals surface area contributed by atoms with Gasteiger partial charge in [0.2, 0.25) is 23.5 Å². The molecule has 1 saturated heterocycles. The van der Waals surface area contributed by atoms with E-state index in [4.69, 9.17) is 0 Å². The molecule has 5 atom stereocenters. The smallest absolute Gasteiger partial charge is 0.289 e. The first-order valence-corrected chi connectivity index (χ1v) is 19.7. The lowest BCUT2D eigenvalue weighted by atomic mass is 9.70. The summed E-state index contributed by atoms with van der Waals surface area (Å²) in [5.41, 5.74) is -0.618. The van der Waals surface area contributed by atoms with Gasteiger partial charge in [-0.1, -0.05) is 77.5 Å². The zero-order valence-electron chi connectivity index (χ0n) is 31.3. The molecule has 1 aliphatic heterocycles. The van der Waals surface area contributed by atoms with Crippen LogP contribution in [0.2, 0.25) is 0 Å². The fourth-order valence-corrected chi connectivity index (χ4v) is 8.46. The molecule has 16 heteroatoms. The SMILES string of the molecule is C=CCNC(=O)C(=O)C(CC1CC1)NC(=O)[C@@H]1C[C@@H](C=C(C)C)CN1C(=O)[C@@H](NC(=O)[C@@H](NS(=O)(=O)c1ncn[nH]1)C1(C)CCCCC1)C(C)(C)C. The van der Waals surface area contributed by atoms with Gasteiger partial charge >= 0.3 is 0 Å². The lowest BCUT2D eigenvalue weighted by Crippen LogP contribution is -2.63. The highest BCUT2D eigenvalue weighted by atomic mass is 32.2. The maximum atomic E-state index is 14.7. The van der Waals surface area contributed by atoms with Crippen molar-refractivity contribution in [3.8, 4) is 0 Å². The summed E-state index contributed by atoms with van der Waals surface area (Å²) in [6.45, 7) is 14.9. The van der Waals surface area contributed by atoms with Crippen molar-refractivity contribution in [2.45, 2.75) is 129 Å². The van der Waals surface area contributed by atoms with Crippen LogP contribution in [0.3, 0.4) is 0 Å². The number of rotatable bonds is 16. The van der Waals surface area contributed by atoms with Gasteiger partial charge in [0, 0.05) is 13.1 Å². The Morgan fingerprint density at radius 3 is 2.33 bits per heavy atom. The van der Waals surface area contributed by atoms with Crippen LogP contribution in [0.1, 0.15) is 99.3 Å². The predicted octanol–water partition coefficient (Wildman–Crippen LogP) is 2.29. The number of carbonyl (C=O) groups is 5. The average Bonchev–Trinajstić information content (AvgIpc) is 3.51. The highest BCUT2D eigenvalue weighted by Crippen LogP contribution is 2.40. The van der Waals surface area contributed by atoms with E-state index in [-0.39, 0.29) is 31.3 Å². The Balaban J connectivity index is 1.63. The van der Waals surface area contributed by atoms with E-state index in [1.807, 2.05) is 26.8 Å². The summed E-state index contributed by atoms with van der Waals surface area (Å²) in [5, 5.41) is 13.8. The average molecular weight is 745 g/mol. The van der Waals surface area contributed by atoms with Gasteiger partial charge in [-0.3, -0.25) is 24.0 Å². The van der Waals surface area contributed by atoms with Crippen LogP contribution in [0.4, 0.5) is 0 Å². The van der Waals surface area contributed by atoms with Crippen molar-refractivity contribution in [1.82, 2.24) is 40.8 Å². The fraction of sp³-hybridized carbons (Fsp3) is 0.694. The Kier molecular flexibility index (Phi) is 13.2. The van der Waals surface area contributed by atoms with E-state index in [2.05, 4.69) is 42.4 Å². The number of sulfonamides is 1. The van der Waals surface area contributed by atoms with Gasteiger partial charge < -0.3 is 20.9 Å². The van der Waals surface area contributed by atoms with E-state index >= 15 is 0 Å². The molecule has 0 bridgehead atoms. The maximum Gasteiger partial charge on any atom is 0.289 e. The Bertz CT molecular complexity index is 1620. The highest BCUT2D eigenvalue weighted by molar-refractivity contribution is 7.89. The summed E-state index contributed by atoms with van der Waals surface area (Å²) < 4.78 is 29.3. The fourth-order valence-electron chi connectivity index (χ4n) is 7.28. The van der Waals surface area contributed by atoms with Crippen LogP contribution < -0.4 is 20.7 Å². The molecule has 0 aromatic carbocycles. The molecule has 0 spiro atoms. The minimum atomic E-state index is -4.28. The van der Waals surface area contributed by atoms with E-state index in [0.29, 0.717) is 19.3 Å². The number of amides is 4. The first kappa shape index (κ1) is 40.8. The van der Waals surface area contributed by atoms with Gasteiger partial charge in [0.1, 0.15) is 24.5 Å². The number of nitrogens with zero attached hydrogens (tertiary/aromatic N) is 3. The number of aromatic amines is 1. The second-order valence-corrected chi connectivity index (χ2v) is 17.8. The molecule has 2 aliphatic carbocycles. The van der Waals surface area contributed by atoms with Crippen molar-refractivity contribution >= 4 is 39.4 Å². The Morgan fingerprint density at radius 2 is 1.77 bits per heavy atom. The van der Waals surface area contributed by atoms with E-state index in [1.54, 1.807) is 20.8 Å². The maximum absolute atomic E-state index is 14.7. The largest absolute Gasteiger partial charge is 0.346 e. The Hall–Kier alpha value is -3.92. The third-order valence-corrected chi connectivity index (χ3v) is 11.5. The highest BCUT2D eigenvalue weighted by Gasteiger charge is 2.48. The van der Waals surface area contributed by atoms with E-state index in [9.17, 15) is 32.4 Å². The van der Waals surface area contributed by atoms with Crippen molar-refractivity contribution < 1.29 is 32.4 Å². The van der Waals surface area contributed by atoms with Crippen LogP contribution in [0.5, 0.6) is 0 Å². The van der Waals surface area contributed by atoms with Crippen LogP contribution in [0, 0.1) is 22.7 Å². The van der Waals surface area contributed by atoms with Crippen molar-refractivity contribution in [1.29, 1.82) is 0 Å². The molecule has 2 heterocycles. The second-order valence-electron chi connectivity index (χ2n) is 16.2. The normalized spacial score (nSPS) is 22.0. The summed E-state index contributed by atoms with van der Waals surface area (Å²) in [6.07, 6.45) is 10.6. The molecule has 2 saturated carbocycles. The van der Waals surface area contributed by atoms with Gasteiger partial charge in [0.05, 0.1) is 6.04 Å². The van der Waals surface area contributed by atoms with Gasteiger partial charge in [-0.2, -0.15) is 9.82 Å². The zero-order chi connectivity index (χ0) is 38.4. The zero-order valence-corrected chi connectivity index (χ0v) is 32.1. The van der Waals surface area contributed by atoms with Gasteiger partial charge in [-0.25, -0.2) is 18.5 Å². The van der Waals surface area contributed by atoms with Crippen LogP contribution in [-0.4, -0.2) is 95.2 Å². The number of aromatic nitrogens is 3. The third-order valence-electron chi connectivity index (χ3n) is 10.3. The first-order valence-electron chi connectivity index (χ1n) is 18.2. The Labute approximate surface area is 307 Å². The van der Waals surface area contributed by atoms with Crippen molar-refractivity contribution in [2.24, 2.45) is 22.7 Å². The van der Waals surface area contributed by atoms with Crippen molar-refractivity contribution in [3.63, 3.8) is 0 Å². The molecule has 15 nitrogen and oxygen atoms in total. The minimum absolute atomic E-state index is 0.103. The quantitative estimate of drug-likeness (QED) is 0.124. The van der Waals surface area contributed by atoms with Crippen LogP contribution >= 0.6 is 0 Å². The van der Waals surface area contributed by atoms with E-state index < -0.39 is 79.6 Å². The topological polar surface area (TPSA) is 212 Å². The molecular formula is C36H56N8O7S. The van der Waals surface area contributed by atoms with Crippen molar-refractivity contribution in [2.75, 3.05) is 13.1 Å². The molecule has 52 heavy (non-hydrogen) atoms. The summed E-state index contributed by atoms with van der Waals surface area (Å²) >= 11 is 0. The van der Waals surface area contributed by atoms with Crippen molar-refractivity contribution in [3.05, 3.63) is 30.6 Å². The molecule has 3 aliphatic rings. The van der Waals surface area contributed by atoms with E-state index in [0.717, 1.165) is 44.0 Å². The number of ketones is 1. The van der Waals surface area contributed by atoms with Gasteiger partial charge in [-0.05, 0) is 62.2 Å². The summed E-state index contributed by atoms with van der Waals surface area (Å²) in [6, 6.07) is -4.44. The third kappa shape index (κ3) is 10.4. The van der Waals surface area contributed by atoms with Gasteiger partial charge in [0.25, 0.3) is 21.1 Å². The van der Waals surface area contributed by atoms with Crippen LogP contribution in [0.15, 0.2) is 35.8 Å². The minimum Gasteiger partial charge on any atom is -0.346 e. The summed E-state index contributed by atoms with van der Waals surface area (Å²) in [7, 11) is -4.28. The monoisotopic (exact) mass is 744 g/mol. The number of H-pyrrole nitrogens is 1. The molecule has 4 amide bonds. The van der Waals surface area contributed by atoms with Crippen LogP contribution in [0.25, 0.3) is 0 Å². The molecule has 5 N–H and O–H groups in total. The number of likely N-dealkylation sites (tertiary alicyclic amines) is 1. The number of nitrogens with one attached hydrogen (secondary N) is 5. The molecule has 1 aromatic rings. The lowest BCUT2D eigenvalue weighted by Gasteiger charge is -2.42. The predicted molar refractivity (Wildman–Crippen MR) is 194 cm³/mol. The second kappa shape index (κ2) is 16.8. The first-order chi connectivity index (χ1) is 24.4. The standard InChI is InChI=1S/C36H56N8O7S/c1-8-16-37-31(47)27(45)25(18-23-12-13-23)40-30(46)26-19-24(17-22(2)3)20-44(26)33(49)29(35(4,5)6)41-32(48)28(36(7)14-10-9-11-15-36)43-52(50,51)34-38-21-39-42-34/h8,17,21,23-26,28-29,43H,1,9-16,18-20H2,2-7H3,(H,37,47)(H,40,46)(H,41,48)(H,38,39,42)/t24-,25?,26+,28-,29-/m1/s1. The molecule has 4 rings (SSSR count). The number of Topliss-reactive ketones (excluding diaryl/α,β-unsaturated/α-hetero) is 1. The molecular weight excluding hydrogens is 689 g/mol. The number of hydrogen-bond acceptors (Lipinski definition) is 9.